The van der Waals surface area contributed by atoms with Crippen molar-refractivity contribution in [1.82, 2.24) is 5.32 Å². The molecule has 1 aromatic carbocycles. The minimum Gasteiger partial charge on any atom is -0.492 e. The highest BCUT2D eigenvalue weighted by atomic mass is 16.5. The average molecular weight is 277 g/mol. The predicted octanol–water partition coefficient (Wildman–Crippen LogP) is 3.13. The largest absolute Gasteiger partial charge is 0.492 e. The van der Waals surface area contributed by atoms with E-state index >= 15 is 0 Å². The molecular weight excluding hydrogens is 250 g/mol. The van der Waals surface area contributed by atoms with Crippen LogP contribution in [0, 0.1) is 0 Å². The maximum absolute atomic E-state index is 5.80. The van der Waals surface area contributed by atoms with Crippen LogP contribution in [0.4, 0.5) is 0 Å². The normalized spacial score (nSPS) is 19.2. The second-order valence-electron chi connectivity index (χ2n) is 6.47. The molecule has 0 aliphatic carbocycles. The number of rotatable bonds is 6. The zero-order valence-electron chi connectivity index (χ0n) is 12.9. The summed E-state index contributed by atoms with van der Waals surface area (Å²) in [6.45, 7) is 10.1. The molecule has 3 nitrogen and oxygen atoms in total. The molecule has 2 rings (SSSR count). The van der Waals surface area contributed by atoms with Gasteiger partial charge in [0, 0.05) is 19.7 Å². The molecule has 112 valence electrons. The molecule has 1 atom stereocenters. The number of nitrogens with one attached hydrogen (secondary N) is 1. The van der Waals surface area contributed by atoms with E-state index in [2.05, 4.69) is 44.3 Å². The predicted molar refractivity (Wildman–Crippen MR) is 82.5 cm³/mol. The van der Waals surface area contributed by atoms with E-state index in [-0.39, 0.29) is 5.41 Å². The molecule has 0 bridgehead atoms. The van der Waals surface area contributed by atoms with Gasteiger partial charge >= 0.3 is 0 Å². The van der Waals surface area contributed by atoms with E-state index in [9.17, 15) is 0 Å². The molecule has 1 saturated heterocycles. The fourth-order valence-corrected chi connectivity index (χ4v) is 2.36. The summed E-state index contributed by atoms with van der Waals surface area (Å²) in [5.74, 6) is 0.955. The Balaban J connectivity index is 1.68. The zero-order chi connectivity index (χ0) is 14.4. The van der Waals surface area contributed by atoms with Crippen molar-refractivity contribution in [3.63, 3.8) is 0 Å². The second-order valence-corrected chi connectivity index (χ2v) is 6.47. The molecule has 0 aromatic heterocycles. The molecule has 1 aliphatic heterocycles. The number of ether oxygens (including phenoxy) is 2. The van der Waals surface area contributed by atoms with Crippen LogP contribution < -0.4 is 10.1 Å². The summed E-state index contributed by atoms with van der Waals surface area (Å²) < 4.78 is 11.4. The summed E-state index contributed by atoms with van der Waals surface area (Å²) in [4.78, 5) is 0. The Morgan fingerprint density at radius 3 is 2.90 bits per heavy atom. The third-order valence-electron chi connectivity index (χ3n) is 3.64. The van der Waals surface area contributed by atoms with Gasteiger partial charge in [0.25, 0.3) is 0 Å². The van der Waals surface area contributed by atoms with Crippen molar-refractivity contribution in [2.45, 2.75) is 45.1 Å². The smallest absolute Gasteiger partial charge is 0.119 e. The lowest BCUT2D eigenvalue weighted by Crippen LogP contribution is -2.29. The van der Waals surface area contributed by atoms with Crippen LogP contribution in [-0.2, 0) is 10.2 Å². The first-order chi connectivity index (χ1) is 9.55. The molecule has 1 aliphatic rings. The first kappa shape index (κ1) is 15.3. The van der Waals surface area contributed by atoms with E-state index in [1.54, 1.807) is 0 Å². The fourth-order valence-electron chi connectivity index (χ4n) is 2.36. The Kier molecular flexibility index (Phi) is 5.44. The van der Waals surface area contributed by atoms with Gasteiger partial charge in [0.05, 0.1) is 6.10 Å². The Labute approximate surface area is 122 Å². The van der Waals surface area contributed by atoms with Gasteiger partial charge in [-0.15, -0.1) is 0 Å². The highest BCUT2D eigenvalue weighted by Gasteiger charge is 2.15. The Bertz CT molecular complexity index is 406. The van der Waals surface area contributed by atoms with Crippen LogP contribution in [0.1, 0.15) is 39.2 Å². The van der Waals surface area contributed by atoms with E-state index in [4.69, 9.17) is 9.47 Å². The van der Waals surface area contributed by atoms with Crippen LogP contribution in [0.25, 0.3) is 0 Å². The number of hydrogen-bond acceptors (Lipinski definition) is 3. The maximum Gasteiger partial charge on any atom is 0.119 e. The van der Waals surface area contributed by atoms with E-state index in [1.165, 1.54) is 18.4 Å². The summed E-state index contributed by atoms with van der Waals surface area (Å²) >= 11 is 0. The molecule has 1 N–H and O–H groups in total. The van der Waals surface area contributed by atoms with Crippen molar-refractivity contribution in [3.05, 3.63) is 29.8 Å². The summed E-state index contributed by atoms with van der Waals surface area (Å²) in [5.41, 5.74) is 1.47. The maximum atomic E-state index is 5.80. The highest BCUT2D eigenvalue weighted by molar-refractivity contribution is 5.32. The molecular formula is C17H27NO2. The quantitative estimate of drug-likeness (QED) is 0.810. The molecule has 0 amide bonds. The SMILES string of the molecule is CC(C)(C)c1cccc(OCCNCC2CCCO2)c1. The summed E-state index contributed by atoms with van der Waals surface area (Å²) in [6, 6.07) is 8.38. The topological polar surface area (TPSA) is 30.5 Å². The minimum atomic E-state index is 0.164. The molecule has 0 radical (unpaired) electrons. The molecule has 1 fully saturated rings. The van der Waals surface area contributed by atoms with Gasteiger partial charge in [-0.2, -0.15) is 0 Å². The van der Waals surface area contributed by atoms with Crippen molar-refractivity contribution in [2.75, 3.05) is 26.3 Å². The lowest BCUT2D eigenvalue weighted by molar-refractivity contribution is 0.109. The van der Waals surface area contributed by atoms with Crippen LogP contribution in [0.3, 0.4) is 0 Å². The van der Waals surface area contributed by atoms with Crippen molar-refractivity contribution in [3.8, 4) is 5.75 Å². The van der Waals surface area contributed by atoms with Crippen LogP contribution in [0.2, 0.25) is 0 Å². The lowest BCUT2D eigenvalue weighted by Gasteiger charge is -2.19. The van der Waals surface area contributed by atoms with Crippen molar-refractivity contribution >= 4 is 0 Å². The van der Waals surface area contributed by atoms with Crippen LogP contribution in [-0.4, -0.2) is 32.4 Å². The molecule has 1 unspecified atom stereocenters. The first-order valence-electron chi connectivity index (χ1n) is 7.61. The molecule has 3 heteroatoms. The Hall–Kier alpha value is -1.06. The van der Waals surface area contributed by atoms with Crippen molar-refractivity contribution in [2.24, 2.45) is 0 Å². The first-order valence-corrected chi connectivity index (χ1v) is 7.61. The zero-order valence-corrected chi connectivity index (χ0v) is 12.9. The van der Waals surface area contributed by atoms with Crippen LogP contribution in [0.5, 0.6) is 5.75 Å². The van der Waals surface area contributed by atoms with Gasteiger partial charge in [-0.25, -0.2) is 0 Å². The fraction of sp³-hybridized carbons (Fsp3) is 0.647. The molecule has 1 aromatic rings. The second kappa shape index (κ2) is 7.09. The van der Waals surface area contributed by atoms with E-state index in [0.717, 1.165) is 25.4 Å². The average Bonchev–Trinajstić information content (AvgIpc) is 2.91. The Morgan fingerprint density at radius 1 is 1.35 bits per heavy atom. The third kappa shape index (κ3) is 4.80. The highest BCUT2D eigenvalue weighted by Crippen LogP contribution is 2.25. The molecule has 0 spiro atoms. The van der Waals surface area contributed by atoms with Gasteiger partial charge in [-0.3, -0.25) is 0 Å². The monoisotopic (exact) mass is 277 g/mol. The van der Waals surface area contributed by atoms with Crippen LogP contribution >= 0.6 is 0 Å². The molecule has 1 heterocycles. The lowest BCUT2D eigenvalue weighted by atomic mass is 9.87. The van der Waals surface area contributed by atoms with E-state index in [0.29, 0.717) is 12.7 Å². The minimum absolute atomic E-state index is 0.164. The molecule has 0 saturated carbocycles. The number of benzene rings is 1. The molecule has 20 heavy (non-hydrogen) atoms. The van der Waals surface area contributed by atoms with E-state index < -0.39 is 0 Å². The van der Waals surface area contributed by atoms with Crippen molar-refractivity contribution in [1.29, 1.82) is 0 Å². The van der Waals surface area contributed by atoms with Crippen LogP contribution in [0.15, 0.2) is 24.3 Å². The Morgan fingerprint density at radius 2 is 2.20 bits per heavy atom. The van der Waals surface area contributed by atoms with Gasteiger partial charge in [-0.05, 0) is 36.0 Å². The standard InChI is InChI=1S/C17H27NO2/c1-17(2,3)14-6-4-7-15(12-14)20-11-9-18-13-16-8-5-10-19-16/h4,6-7,12,16,18H,5,8-11,13H2,1-3H3. The van der Waals surface area contributed by atoms with Gasteiger partial charge in [0.2, 0.25) is 0 Å². The van der Waals surface area contributed by atoms with Gasteiger partial charge < -0.3 is 14.8 Å². The third-order valence-corrected chi connectivity index (χ3v) is 3.64. The summed E-state index contributed by atoms with van der Waals surface area (Å²) in [7, 11) is 0. The van der Waals surface area contributed by atoms with E-state index in [1.807, 2.05) is 6.07 Å². The summed E-state index contributed by atoms with van der Waals surface area (Å²) in [5, 5.41) is 3.39. The van der Waals surface area contributed by atoms with Crippen molar-refractivity contribution < 1.29 is 9.47 Å². The van der Waals surface area contributed by atoms with Gasteiger partial charge in [-0.1, -0.05) is 32.9 Å². The van der Waals surface area contributed by atoms with Gasteiger partial charge in [0.15, 0.2) is 0 Å². The van der Waals surface area contributed by atoms with Gasteiger partial charge in [0.1, 0.15) is 12.4 Å². The number of hydrogen-bond donors (Lipinski definition) is 1. The summed E-state index contributed by atoms with van der Waals surface area (Å²) in [6.07, 6.45) is 2.78.